The summed E-state index contributed by atoms with van der Waals surface area (Å²) in [6.45, 7) is 9.33. The van der Waals surface area contributed by atoms with Crippen molar-refractivity contribution in [1.29, 1.82) is 0 Å². The minimum absolute atomic E-state index is 0.0823. The molecule has 8 nitrogen and oxygen atoms in total. The maximum Gasteiger partial charge on any atom is 0.253 e. The third kappa shape index (κ3) is 5.65. The fraction of sp³-hybridized carbons (Fsp3) is 0.440. The molecular weight excluding hydrogens is 448 g/mol. The molecule has 1 aliphatic rings. The molecule has 0 bridgehead atoms. The second-order valence-electron chi connectivity index (χ2n) is 8.43. The number of thioether (sulfide) groups is 1. The molecule has 3 aromatic rings. The number of rotatable bonds is 9. The lowest BCUT2D eigenvalue weighted by molar-refractivity contribution is 0.0643. The van der Waals surface area contributed by atoms with Gasteiger partial charge in [-0.2, -0.15) is 0 Å². The van der Waals surface area contributed by atoms with Gasteiger partial charge in [-0.3, -0.25) is 14.3 Å². The van der Waals surface area contributed by atoms with Gasteiger partial charge in [0.1, 0.15) is 0 Å². The molecule has 1 aromatic carbocycles. The molecule has 1 unspecified atom stereocenters. The molecule has 1 aliphatic heterocycles. The van der Waals surface area contributed by atoms with Gasteiger partial charge in [-0.1, -0.05) is 30.8 Å². The lowest BCUT2D eigenvalue weighted by Gasteiger charge is -2.34. The zero-order valence-corrected chi connectivity index (χ0v) is 20.9. The summed E-state index contributed by atoms with van der Waals surface area (Å²) in [5.74, 6) is 1.65. The molecule has 1 atom stereocenters. The van der Waals surface area contributed by atoms with Gasteiger partial charge < -0.3 is 14.5 Å². The summed E-state index contributed by atoms with van der Waals surface area (Å²) in [5.41, 5.74) is 2.85. The van der Waals surface area contributed by atoms with E-state index in [1.54, 1.807) is 31.3 Å². The van der Waals surface area contributed by atoms with E-state index in [2.05, 4.69) is 38.5 Å². The molecule has 1 fully saturated rings. The summed E-state index contributed by atoms with van der Waals surface area (Å²) in [6.07, 6.45) is 3.52. The first-order valence-electron chi connectivity index (χ1n) is 11.7. The zero-order chi connectivity index (χ0) is 23.9. The van der Waals surface area contributed by atoms with E-state index >= 15 is 0 Å². The number of amides is 1. The fourth-order valence-electron chi connectivity index (χ4n) is 4.13. The highest BCUT2D eigenvalue weighted by molar-refractivity contribution is 7.98. The topological polar surface area (TPSA) is 76.4 Å². The van der Waals surface area contributed by atoms with Crippen molar-refractivity contribution < 1.29 is 9.53 Å². The van der Waals surface area contributed by atoms with Crippen molar-refractivity contribution in [1.82, 2.24) is 29.5 Å². The van der Waals surface area contributed by atoms with Crippen LogP contribution in [-0.2, 0) is 10.5 Å². The van der Waals surface area contributed by atoms with Crippen molar-refractivity contribution in [3.05, 3.63) is 59.9 Å². The first kappa shape index (κ1) is 24.4. The minimum Gasteiger partial charge on any atom is -0.383 e. The van der Waals surface area contributed by atoms with Crippen molar-refractivity contribution in [3.8, 4) is 11.4 Å². The van der Waals surface area contributed by atoms with Crippen molar-refractivity contribution in [2.45, 2.75) is 30.8 Å². The third-order valence-electron chi connectivity index (χ3n) is 6.13. The zero-order valence-electron chi connectivity index (χ0n) is 20.1. The molecule has 0 radical (unpaired) electrons. The number of likely N-dealkylation sites (N-methyl/N-ethyl adjacent to an activating group) is 1. The summed E-state index contributed by atoms with van der Waals surface area (Å²) < 4.78 is 7.52. The summed E-state index contributed by atoms with van der Waals surface area (Å²) in [7, 11) is 1.70. The van der Waals surface area contributed by atoms with Crippen molar-refractivity contribution >= 4 is 17.7 Å². The normalized spacial score (nSPS) is 15.4. The Morgan fingerprint density at radius 1 is 1.06 bits per heavy atom. The third-order valence-corrected chi connectivity index (χ3v) is 7.14. The van der Waals surface area contributed by atoms with Crippen LogP contribution < -0.4 is 0 Å². The number of ether oxygens (including phenoxy) is 1. The van der Waals surface area contributed by atoms with Gasteiger partial charge in [0.15, 0.2) is 11.0 Å². The minimum atomic E-state index is 0.0823. The Labute approximate surface area is 205 Å². The van der Waals surface area contributed by atoms with Gasteiger partial charge in [-0.15, -0.1) is 10.2 Å². The number of carbonyl (C=O) groups excluding carboxylic acids is 1. The monoisotopic (exact) mass is 480 g/mol. The van der Waals surface area contributed by atoms with Gasteiger partial charge in [0.25, 0.3) is 5.91 Å². The van der Waals surface area contributed by atoms with Crippen LogP contribution in [0.2, 0.25) is 0 Å². The standard InChI is InChI=1S/C25H32N6O2S/c1-4-29-13-15-30(16-14-29)24(32)22-7-5-20(6-8-22)18-34-25-28-27-23(21-9-11-26-12-10-21)31(25)19(2)17-33-3/h5-12,19H,4,13-18H2,1-3H3. The SMILES string of the molecule is CCN1CCN(C(=O)c2ccc(CSc3nnc(-c4ccncc4)n3C(C)COC)cc2)CC1. The summed E-state index contributed by atoms with van der Waals surface area (Å²) in [6, 6.07) is 11.9. The van der Waals surface area contributed by atoms with Crippen molar-refractivity contribution in [2.75, 3.05) is 46.4 Å². The van der Waals surface area contributed by atoms with E-state index < -0.39 is 0 Å². The van der Waals surface area contributed by atoms with E-state index in [-0.39, 0.29) is 11.9 Å². The van der Waals surface area contributed by atoms with Crippen LogP contribution in [0.1, 0.15) is 35.8 Å². The van der Waals surface area contributed by atoms with E-state index in [4.69, 9.17) is 4.74 Å². The number of hydrogen-bond donors (Lipinski definition) is 0. The molecule has 0 aliphatic carbocycles. The number of hydrogen-bond acceptors (Lipinski definition) is 7. The number of pyridine rings is 1. The van der Waals surface area contributed by atoms with E-state index in [1.807, 2.05) is 41.3 Å². The lowest BCUT2D eigenvalue weighted by Crippen LogP contribution is -2.48. The second kappa shape index (κ2) is 11.6. The molecule has 1 amide bonds. The molecule has 180 valence electrons. The Hall–Kier alpha value is -2.75. The van der Waals surface area contributed by atoms with Crippen LogP contribution in [0.5, 0.6) is 0 Å². The molecule has 4 rings (SSSR count). The number of aromatic nitrogens is 4. The average molecular weight is 481 g/mol. The number of nitrogens with zero attached hydrogens (tertiary/aromatic N) is 6. The second-order valence-corrected chi connectivity index (χ2v) is 9.37. The van der Waals surface area contributed by atoms with Crippen LogP contribution in [-0.4, -0.2) is 81.9 Å². The molecule has 3 heterocycles. The predicted octanol–water partition coefficient (Wildman–Crippen LogP) is 3.62. The summed E-state index contributed by atoms with van der Waals surface area (Å²) in [4.78, 5) is 21.3. The van der Waals surface area contributed by atoms with E-state index in [0.717, 1.165) is 66.1 Å². The Balaban J connectivity index is 1.43. The van der Waals surface area contributed by atoms with Crippen LogP contribution in [0.25, 0.3) is 11.4 Å². The molecule has 0 saturated carbocycles. The van der Waals surface area contributed by atoms with E-state index in [0.29, 0.717) is 6.61 Å². The number of carbonyl (C=O) groups is 1. The van der Waals surface area contributed by atoms with Gasteiger partial charge in [-0.25, -0.2) is 0 Å². The van der Waals surface area contributed by atoms with Crippen LogP contribution in [0.15, 0.2) is 53.9 Å². The highest BCUT2D eigenvalue weighted by atomic mass is 32.2. The highest BCUT2D eigenvalue weighted by Crippen LogP contribution is 2.29. The molecule has 2 aromatic heterocycles. The highest BCUT2D eigenvalue weighted by Gasteiger charge is 2.22. The number of benzene rings is 1. The molecule has 34 heavy (non-hydrogen) atoms. The molecule has 1 saturated heterocycles. The van der Waals surface area contributed by atoms with Crippen LogP contribution in [0.3, 0.4) is 0 Å². The van der Waals surface area contributed by atoms with Crippen molar-refractivity contribution in [2.24, 2.45) is 0 Å². The van der Waals surface area contributed by atoms with Gasteiger partial charge in [0.05, 0.1) is 12.6 Å². The van der Waals surface area contributed by atoms with Crippen LogP contribution in [0.4, 0.5) is 0 Å². The quantitative estimate of drug-likeness (QED) is 0.433. The summed E-state index contributed by atoms with van der Waals surface area (Å²) in [5, 5.41) is 9.76. The van der Waals surface area contributed by atoms with Gasteiger partial charge in [-0.05, 0) is 43.3 Å². The van der Waals surface area contributed by atoms with Crippen molar-refractivity contribution in [3.63, 3.8) is 0 Å². The van der Waals surface area contributed by atoms with Gasteiger partial charge >= 0.3 is 0 Å². The predicted molar refractivity (Wildman–Crippen MR) is 134 cm³/mol. The molecule has 0 spiro atoms. The Morgan fingerprint density at radius 2 is 1.76 bits per heavy atom. The smallest absolute Gasteiger partial charge is 0.253 e. The van der Waals surface area contributed by atoms with Gasteiger partial charge in [0.2, 0.25) is 0 Å². The lowest BCUT2D eigenvalue weighted by atomic mass is 10.1. The molecule has 0 N–H and O–H groups in total. The van der Waals surface area contributed by atoms with Crippen LogP contribution in [0, 0.1) is 0 Å². The number of methoxy groups -OCH3 is 1. The molecular formula is C25H32N6O2S. The van der Waals surface area contributed by atoms with Gasteiger partial charge in [0, 0.05) is 62.6 Å². The average Bonchev–Trinajstić information content (AvgIpc) is 3.32. The maximum atomic E-state index is 12.9. The largest absolute Gasteiger partial charge is 0.383 e. The van der Waals surface area contributed by atoms with Crippen LogP contribution >= 0.6 is 11.8 Å². The maximum absolute atomic E-state index is 12.9. The molecule has 9 heteroatoms. The first-order chi connectivity index (χ1) is 16.6. The fourth-order valence-corrected chi connectivity index (χ4v) is 5.12. The van der Waals surface area contributed by atoms with E-state index in [9.17, 15) is 4.79 Å². The Kier molecular flexibility index (Phi) is 8.31. The number of piperazine rings is 1. The first-order valence-corrected chi connectivity index (χ1v) is 12.7. The summed E-state index contributed by atoms with van der Waals surface area (Å²) >= 11 is 1.63. The van der Waals surface area contributed by atoms with E-state index in [1.165, 1.54) is 0 Å². The Bertz CT molecular complexity index is 1060. The Morgan fingerprint density at radius 3 is 2.41 bits per heavy atom.